The Balaban J connectivity index is 1.70. The van der Waals surface area contributed by atoms with Gasteiger partial charge in [-0.15, -0.1) is 0 Å². The second-order valence-corrected chi connectivity index (χ2v) is 8.24. The molecule has 0 aliphatic carbocycles. The molecule has 5 rings (SSSR count). The Kier molecular flexibility index (Phi) is 4.62. The van der Waals surface area contributed by atoms with Crippen LogP contribution in [0.15, 0.2) is 24.8 Å². The van der Waals surface area contributed by atoms with Crippen LogP contribution in [0.25, 0.3) is 28.9 Å². The van der Waals surface area contributed by atoms with E-state index in [1.165, 1.54) is 0 Å². The highest BCUT2D eigenvalue weighted by Gasteiger charge is 2.22. The van der Waals surface area contributed by atoms with Gasteiger partial charge in [0.15, 0.2) is 0 Å². The number of rotatable bonds is 0. The van der Waals surface area contributed by atoms with Gasteiger partial charge >= 0.3 is 0 Å². The van der Waals surface area contributed by atoms with E-state index in [9.17, 15) is 0 Å². The maximum Gasteiger partial charge on any atom is 0.221 e. The Hall–Kier alpha value is -3.46. The Morgan fingerprint density at radius 2 is 1.84 bits per heavy atom. The average molecular weight is 419 g/mol. The predicted molar refractivity (Wildman–Crippen MR) is 118 cm³/mol. The molecule has 0 saturated heterocycles. The molecule has 4 aromatic heterocycles. The highest BCUT2D eigenvalue weighted by atomic mass is 16.5. The molecule has 1 aliphatic heterocycles. The summed E-state index contributed by atoms with van der Waals surface area (Å²) in [7, 11) is 5.93. The van der Waals surface area contributed by atoms with Gasteiger partial charge in [-0.1, -0.05) is 0 Å². The number of imidazole rings is 1. The third-order valence-electron chi connectivity index (χ3n) is 5.52. The van der Waals surface area contributed by atoms with Crippen molar-refractivity contribution < 1.29 is 4.74 Å². The molecule has 0 aromatic carbocycles. The monoisotopic (exact) mass is 418 g/mol. The van der Waals surface area contributed by atoms with Crippen molar-refractivity contribution in [2.75, 3.05) is 13.6 Å². The maximum atomic E-state index is 6.39. The zero-order valence-electron chi connectivity index (χ0n) is 18.4. The summed E-state index contributed by atoms with van der Waals surface area (Å²) in [5, 5.41) is 9.26. The maximum absolute atomic E-state index is 6.39. The summed E-state index contributed by atoms with van der Waals surface area (Å²) in [6.07, 6.45) is 11.7. The fourth-order valence-corrected chi connectivity index (χ4v) is 4.20. The summed E-state index contributed by atoms with van der Waals surface area (Å²) in [5.41, 5.74) is 5.61. The normalized spacial score (nSPS) is 18.3. The number of nitrogens with zero attached hydrogens (tertiary/aromatic N) is 8. The molecule has 1 atom stereocenters. The molecule has 0 amide bonds. The number of hydrogen-bond donors (Lipinski definition) is 0. The van der Waals surface area contributed by atoms with Gasteiger partial charge in [-0.3, -0.25) is 19.0 Å². The van der Waals surface area contributed by atoms with E-state index in [4.69, 9.17) is 4.74 Å². The van der Waals surface area contributed by atoms with Crippen LogP contribution >= 0.6 is 0 Å². The van der Waals surface area contributed by atoms with E-state index in [0.29, 0.717) is 0 Å². The van der Waals surface area contributed by atoms with Gasteiger partial charge in [0.25, 0.3) is 0 Å². The Bertz CT molecular complexity index is 1290. The topological polar surface area (TPSA) is 78.3 Å². The second-order valence-electron chi connectivity index (χ2n) is 8.24. The Morgan fingerprint density at radius 3 is 2.68 bits per heavy atom. The van der Waals surface area contributed by atoms with E-state index in [-0.39, 0.29) is 6.10 Å². The van der Waals surface area contributed by atoms with Crippen molar-refractivity contribution in [1.29, 1.82) is 0 Å². The van der Waals surface area contributed by atoms with Crippen LogP contribution < -0.4 is 4.74 Å². The molecule has 2 bridgehead atoms. The summed E-state index contributed by atoms with van der Waals surface area (Å²) in [6, 6.07) is 0. The zero-order valence-corrected chi connectivity index (χ0v) is 18.4. The van der Waals surface area contributed by atoms with Gasteiger partial charge in [0, 0.05) is 45.1 Å². The average Bonchev–Trinajstić information content (AvgIpc) is 3.34. The van der Waals surface area contributed by atoms with E-state index in [1.54, 1.807) is 4.68 Å². The van der Waals surface area contributed by atoms with E-state index in [2.05, 4.69) is 45.1 Å². The molecule has 0 N–H and O–H groups in total. The highest BCUT2D eigenvalue weighted by Crippen LogP contribution is 2.33. The van der Waals surface area contributed by atoms with Crippen LogP contribution in [0.3, 0.4) is 0 Å². The lowest BCUT2D eigenvalue weighted by Crippen LogP contribution is -2.31. The van der Waals surface area contributed by atoms with Crippen LogP contribution in [-0.2, 0) is 20.6 Å². The Labute approximate surface area is 180 Å². The lowest BCUT2D eigenvalue weighted by molar-refractivity contribution is 0.148. The predicted octanol–water partition coefficient (Wildman–Crippen LogP) is 2.55. The minimum Gasteiger partial charge on any atom is -0.473 e. The van der Waals surface area contributed by atoms with Gasteiger partial charge in [-0.2, -0.15) is 10.2 Å². The number of fused-ring (bicyclic) bond motifs is 4. The van der Waals surface area contributed by atoms with Gasteiger partial charge in [-0.25, -0.2) is 9.67 Å². The molecule has 0 spiro atoms. The molecule has 160 valence electrons. The number of aryl methyl sites for hydroxylation is 3. The van der Waals surface area contributed by atoms with Crippen LogP contribution in [0.5, 0.6) is 5.88 Å². The SMILES string of the molecule is Cc1nn(C)c2c1-c1cn3c(ncc3cn1)/C=C/c1cn(C)nc1CN(C)C[C@H](C)O2. The molecule has 1 aliphatic rings. The van der Waals surface area contributed by atoms with Crippen LogP contribution in [0.2, 0.25) is 0 Å². The van der Waals surface area contributed by atoms with Gasteiger partial charge in [-0.05, 0) is 33.0 Å². The summed E-state index contributed by atoms with van der Waals surface area (Å²) in [5.74, 6) is 1.55. The summed E-state index contributed by atoms with van der Waals surface area (Å²) in [6.45, 7) is 5.52. The number of ether oxygens (including phenoxy) is 1. The summed E-state index contributed by atoms with van der Waals surface area (Å²) in [4.78, 5) is 11.5. The molecule has 31 heavy (non-hydrogen) atoms. The molecule has 9 heteroatoms. The van der Waals surface area contributed by atoms with Gasteiger partial charge in [0.2, 0.25) is 5.88 Å². The smallest absolute Gasteiger partial charge is 0.221 e. The molecule has 0 fully saturated rings. The molecule has 0 saturated carbocycles. The standard InChI is InChI=1S/C22H26N8O/c1-14-10-27(3)12-18-16(11-28(4)26-18)6-7-20-24-9-17-8-23-19(13-30(17)20)21-15(2)25-29(5)22(21)31-14/h6-9,11,13-14H,10,12H2,1-5H3/b7-6+/t14-/m0/s1. The first-order chi connectivity index (χ1) is 14.9. The Morgan fingerprint density at radius 1 is 1.03 bits per heavy atom. The van der Waals surface area contributed by atoms with E-state index in [1.807, 2.05) is 61.0 Å². The minimum absolute atomic E-state index is 0.0427. The molecule has 4 aromatic rings. The van der Waals surface area contributed by atoms with Crippen LogP contribution in [0.4, 0.5) is 0 Å². The van der Waals surface area contributed by atoms with Crippen LogP contribution in [-0.4, -0.2) is 58.5 Å². The lowest BCUT2D eigenvalue weighted by Gasteiger charge is -2.22. The van der Waals surface area contributed by atoms with E-state index in [0.717, 1.165) is 58.5 Å². The highest BCUT2D eigenvalue weighted by molar-refractivity contribution is 5.72. The first-order valence-corrected chi connectivity index (χ1v) is 10.3. The summed E-state index contributed by atoms with van der Waals surface area (Å²) >= 11 is 0. The molecular weight excluding hydrogens is 392 g/mol. The minimum atomic E-state index is -0.0427. The van der Waals surface area contributed by atoms with Crippen LogP contribution in [0, 0.1) is 6.92 Å². The quantitative estimate of drug-likeness (QED) is 0.437. The molecule has 9 nitrogen and oxygen atoms in total. The van der Waals surface area contributed by atoms with Crippen molar-refractivity contribution in [1.82, 2.24) is 38.8 Å². The summed E-state index contributed by atoms with van der Waals surface area (Å²) < 4.78 is 12.1. The lowest BCUT2D eigenvalue weighted by atomic mass is 10.2. The van der Waals surface area contributed by atoms with Gasteiger partial charge in [0.05, 0.1) is 40.6 Å². The first kappa shape index (κ1) is 19.5. The molecule has 5 heterocycles. The largest absolute Gasteiger partial charge is 0.473 e. The van der Waals surface area contributed by atoms with E-state index >= 15 is 0 Å². The van der Waals surface area contributed by atoms with Crippen LogP contribution in [0.1, 0.15) is 29.7 Å². The molecule has 0 radical (unpaired) electrons. The fourth-order valence-electron chi connectivity index (χ4n) is 4.20. The number of aromatic nitrogens is 7. The van der Waals surface area contributed by atoms with Gasteiger partial charge in [0.1, 0.15) is 11.9 Å². The van der Waals surface area contributed by atoms with E-state index < -0.39 is 0 Å². The second kappa shape index (κ2) is 7.35. The third kappa shape index (κ3) is 3.50. The van der Waals surface area contributed by atoms with Crippen molar-refractivity contribution in [2.24, 2.45) is 14.1 Å². The third-order valence-corrected chi connectivity index (χ3v) is 5.52. The van der Waals surface area contributed by atoms with Gasteiger partial charge < -0.3 is 4.74 Å². The molecule has 0 unspecified atom stereocenters. The number of hydrogen-bond acceptors (Lipinski definition) is 6. The van der Waals surface area contributed by atoms with Crippen molar-refractivity contribution in [3.8, 4) is 17.1 Å². The fraction of sp³-hybridized carbons (Fsp3) is 0.364. The first-order valence-electron chi connectivity index (χ1n) is 10.3. The number of likely N-dealkylation sites (N-methyl/N-ethyl adjacent to an activating group) is 1. The van der Waals surface area contributed by atoms with Crippen molar-refractivity contribution >= 4 is 17.7 Å². The molecular formula is C22H26N8O. The van der Waals surface area contributed by atoms with Crippen molar-refractivity contribution in [3.05, 3.63) is 47.6 Å². The zero-order chi connectivity index (χ0) is 21.7. The van der Waals surface area contributed by atoms with Crippen molar-refractivity contribution in [2.45, 2.75) is 26.5 Å². The van der Waals surface area contributed by atoms with Crippen molar-refractivity contribution in [3.63, 3.8) is 0 Å².